The molecular formula is C12H11BrFN3OS. The van der Waals surface area contributed by atoms with Crippen LogP contribution in [0.4, 0.5) is 10.1 Å². The summed E-state index contributed by atoms with van der Waals surface area (Å²) in [6.07, 6.45) is 0. The fraction of sp³-hybridized carbons (Fsp3) is 0.167. The Morgan fingerprint density at radius 3 is 2.89 bits per heavy atom. The first-order chi connectivity index (χ1) is 8.99. The number of thiazole rings is 1. The second-order valence-corrected chi connectivity index (χ2v) is 5.65. The van der Waals surface area contributed by atoms with Gasteiger partial charge in [0, 0.05) is 9.85 Å². The van der Waals surface area contributed by atoms with Gasteiger partial charge in [-0.05, 0) is 35.0 Å². The predicted molar refractivity (Wildman–Crippen MR) is 76.8 cm³/mol. The summed E-state index contributed by atoms with van der Waals surface area (Å²) >= 11 is 4.49. The minimum Gasteiger partial charge on any atom is -0.322 e. The van der Waals surface area contributed by atoms with Gasteiger partial charge in [-0.15, -0.1) is 11.3 Å². The van der Waals surface area contributed by atoms with Crippen LogP contribution in [0.25, 0.3) is 0 Å². The van der Waals surface area contributed by atoms with E-state index in [9.17, 15) is 9.18 Å². The Balaban J connectivity index is 2.21. The van der Waals surface area contributed by atoms with Crippen LogP contribution < -0.4 is 11.1 Å². The van der Waals surface area contributed by atoms with Crippen LogP contribution in [0.15, 0.2) is 28.1 Å². The number of nitrogens with two attached hydrogens (primary N) is 1. The molecule has 0 saturated carbocycles. The summed E-state index contributed by atoms with van der Waals surface area (Å²) in [6.45, 7) is 1.79. The molecule has 0 radical (unpaired) electrons. The Bertz CT molecular complexity index is 595. The van der Waals surface area contributed by atoms with Crippen LogP contribution in [0.5, 0.6) is 0 Å². The molecule has 0 aliphatic heterocycles. The van der Waals surface area contributed by atoms with Gasteiger partial charge in [0.25, 0.3) is 5.91 Å². The Kier molecular flexibility index (Phi) is 4.28. The first-order valence-corrected chi connectivity index (χ1v) is 7.12. The van der Waals surface area contributed by atoms with E-state index in [0.29, 0.717) is 9.48 Å². The number of para-hydroxylation sites is 1. The van der Waals surface area contributed by atoms with Crippen molar-refractivity contribution in [2.45, 2.75) is 13.0 Å². The van der Waals surface area contributed by atoms with Crippen LogP contribution in [-0.4, -0.2) is 10.9 Å². The maximum absolute atomic E-state index is 13.6. The quantitative estimate of drug-likeness (QED) is 0.898. The molecule has 1 heterocycles. The van der Waals surface area contributed by atoms with E-state index in [4.69, 9.17) is 5.73 Å². The number of nitrogens with one attached hydrogen (secondary N) is 1. The molecule has 1 aromatic carbocycles. The van der Waals surface area contributed by atoms with Gasteiger partial charge in [-0.3, -0.25) is 4.79 Å². The predicted octanol–water partition coefficient (Wildman–Crippen LogP) is 3.32. The highest BCUT2D eigenvalue weighted by molar-refractivity contribution is 9.10. The fourth-order valence-electron chi connectivity index (χ4n) is 1.40. The van der Waals surface area contributed by atoms with Crippen molar-refractivity contribution in [1.82, 2.24) is 4.98 Å². The molecule has 0 spiro atoms. The number of nitrogens with zero attached hydrogens (tertiary/aromatic N) is 1. The molecule has 3 N–H and O–H groups in total. The number of rotatable bonds is 3. The summed E-state index contributed by atoms with van der Waals surface area (Å²) in [6, 6.07) is 4.24. The Labute approximate surface area is 122 Å². The average molecular weight is 344 g/mol. The molecule has 1 unspecified atom stereocenters. The van der Waals surface area contributed by atoms with Crippen molar-refractivity contribution in [2.24, 2.45) is 5.73 Å². The standard InChI is InChI=1S/C12H11BrFN3OS/c1-6(15)12-16-9(5-19-12)11(18)17-10-7(13)3-2-4-8(10)14/h2-6H,15H2,1H3,(H,17,18). The number of hydrogen-bond donors (Lipinski definition) is 2. The minimum atomic E-state index is -0.509. The number of amides is 1. The molecule has 2 aromatic rings. The molecule has 0 saturated heterocycles. The largest absolute Gasteiger partial charge is 0.322 e. The molecule has 4 nitrogen and oxygen atoms in total. The maximum atomic E-state index is 13.6. The third-order valence-electron chi connectivity index (χ3n) is 2.35. The molecule has 0 bridgehead atoms. The zero-order valence-corrected chi connectivity index (χ0v) is 12.4. The van der Waals surface area contributed by atoms with Gasteiger partial charge in [0.15, 0.2) is 0 Å². The molecular weight excluding hydrogens is 333 g/mol. The van der Waals surface area contributed by atoms with E-state index in [2.05, 4.69) is 26.2 Å². The molecule has 100 valence electrons. The fourth-order valence-corrected chi connectivity index (χ4v) is 2.59. The zero-order valence-electron chi connectivity index (χ0n) is 9.98. The van der Waals surface area contributed by atoms with Crippen molar-refractivity contribution in [3.05, 3.63) is 44.6 Å². The topological polar surface area (TPSA) is 68.0 Å². The Hall–Kier alpha value is -1.31. The van der Waals surface area contributed by atoms with E-state index < -0.39 is 11.7 Å². The summed E-state index contributed by atoms with van der Waals surface area (Å²) in [7, 11) is 0. The monoisotopic (exact) mass is 343 g/mol. The van der Waals surface area contributed by atoms with E-state index in [1.54, 1.807) is 24.4 Å². The van der Waals surface area contributed by atoms with Gasteiger partial charge in [-0.2, -0.15) is 0 Å². The van der Waals surface area contributed by atoms with Crippen LogP contribution in [0.1, 0.15) is 28.5 Å². The summed E-state index contributed by atoms with van der Waals surface area (Å²) in [5.41, 5.74) is 6.01. The van der Waals surface area contributed by atoms with Gasteiger partial charge in [-0.25, -0.2) is 9.37 Å². The Morgan fingerprint density at radius 2 is 2.32 bits per heavy atom. The minimum absolute atomic E-state index is 0.0999. The summed E-state index contributed by atoms with van der Waals surface area (Å²) in [5, 5.41) is 4.75. The normalized spacial score (nSPS) is 12.2. The van der Waals surface area contributed by atoms with Gasteiger partial charge in [0.1, 0.15) is 16.5 Å². The maximum Gasteiger partial charge on any atom is 0.275 e. The van der Waals surface area contributed by atoms with Crippen LogP contribution >= 0.6 is 27.3 Å². The van der Waals surface area contributed by atoms with Gasteiger partial charge in [0.05, 0.1) is 11.7 Å². The SMILES string of the molecule is CC(N)c1nc(C(=O)Nc2c(F)cccc2Br)cs1. The van der Waals surface area contributed by atoms with Crippen molar-refractivity contribution in [3.63, 3.8) is 0 Å². The molecule has 0 aliphatic carbocycles. The van der Waals surface area contributed by atoms with Crippen molar-refractivity contribution < 1.29 is 9.18 Å². The van der Waals surface area contributed by atoms with Crippen LogP contribution in [-0.2, 0) is 0 Å². The van der Waals surface area contributed by atoms with E-state index in [1.807, 2.05) is 0 Å². The van der Waals surface area contributed by atoms with E-state index in [0.717, 1.165) is 0 Å². The number of carbonyl (C=O) groups excluding carboxylic acids is 1. The van der Waals surface area contributed by atoms with E-state index >= 15 is 0 Å². The van der Waals surface area contributed by atoms with Crippen molar-refractivity contribution in [3.8, 4) is 0 Å². The Morgan fingerprint density at radius 1 is 1.58 bits per heavy atom. The summed E-state index contributed by atoms with van der Waals surface area (Å²) in [5.74, 6) is -0.973. The molecule has 7 heteroatoms. The lowest BCUT2D eigenvalue weighted by molar-refractivity contribution is 0.102. The number of benzene rings is 1. The van der Waals surface area contributed by atoms with Gasteiger partial charge in [-0.1, -0.05) is 6.07 Å². The molecule has 0 aliphatic rings. The number of halogens is 2. The molecule has 0 fully saturated rings. The highest BCUT2D eigenvalue weighted by Gasteiger charge is 2.15. The average Bonchev–Trinajstić information content (AvgIpc) is 2.83. The second-order valence-electron chi connectivity index (χ2n) is 3.91. The van der Waals surface area contributed by atoms with Gasteiger partial charge < -0.3 is 11.1 Å². The second kappa shape index (κ2) is 5.77. The van der Waals surface area contributed by atoms with Gasteiger partial charge in [0.2, 0.25) is 0 Å². The van der Waals surface area contributed by atoms with Crippen LogP contribution in [0.3, 0.4) is 0 Å². The highest BCUT2D eigenvalue weighted by atomic mass is 79.9. The summed E-state index contributed by atoms with van der Waals surface area (Å²) < 4.78 is 14.1. The van der Waals surface area contributed by atoms with Crippen LogP contribution in [0.2, 0.25) is 0 Å². The third kappa shape index (κ3) is 3.17. The zero-order chi connectivity index (χ0) is 14.0. The highest BCUT2D eigenvalue weighted by Crippen LogP contribution is 2.26. The summed E-state index contributed by atoms with van der Waals surface area (Å²) in [4.78, 5) is 16.1. The van der Waals surface area contributed by atoms with Crippen LogP contribution in [0, 0.1) is 5.82 Å². The molecule has 19 heavy (non-hydrogen) atoms. The lowest BCUT2D eigenvalue weighted by Gasteiger charge is -2.06. The van der Waals surface area contributed by atoms with E-state index in [-0.39, 0.29) is 17.4 Å². The van der Waals surface area contributed by atoms with Crippen molar-refractivity contribution in [2.75, 3.05) is 5.32 Å². The third-order valence-corrected chi connectivity index (χ3v) is 4.05. The van der Waals surface area contributed by atoms with Crippen molar-refractivity contribution in [1.29, 1.82) is 0 Å². The van der Waals surface area contributed by atoms with E-state index in [1.165, 1.54) is 17.4 Å². The number of hydrogen-bond acceptors (Lipinski definition) is 4. The first kappa shape index (κ1) is 14.1. The number of anilines is 1. The lowest BCUT2D eigenvalue weighted by Crippen LogP contribution is -2.14. The number of carbonyl (C=O) groups is 1. The molecule has 1 amide bonds. The van der Waals surface area contributed by atoms with Crippen molar-refractivity contribution >= 4 is 38.9 Å². The lowest BCUT2D eigenvalue weighted by atomic mass is 10.3. The van der Waals surface area contributed by atoms with Gasteiger partial charge >= 0.3 is 0 Å². The molecule has 1 atom stereocenters. The molecule has 2 rings (SSSR count). The number of aromatic nitrogens is 1. The molecule has 1 aromatic heterocycles. The first-order valence-electron chi connectivity index (χ1n) is 5.45. The smallest absolute Gasteiger partial charge is 0.275 e.